The summed E-state index contributed by atoms with van der Waals surface area (Å²) in [6.07, 6.45) is 0.266. The molecular weight excluding hydrogens is 337 g/mol. The van der Waals surface area contributed by atoms with E-state index in [1.54, 1.807) is 18.2 Å². The molecule has 0 spiro atoms. The van der Waals surface area contributed by atoms with Crippen molar-refractivity contribution in [3.8, 4) is 0 Å². The molecule has 0 aromatic heterocycles. The number of aryl methyl sites for hydroxylation is 1. The zero-order valence-electron chi connectivity index (χ0n) is 11.1. The highest BCUT2D eigenvalue weighted by Crippen LogP contribution is 2.32. The lowest BCUT2D eigenvalue weighted by Gasteiger charge is -2.20. The van der Waals surface area contributed by atoms with Gasteiger partial charge in [-0.3, -0.25) is 4.79 Å². The molecule has 1 amide bonds. The molecule has 21 heavy (non-hydrogen) atoms. The van der Waals surface area contributed by atoms with E-state index >= 15 is 0 Å². The fourth-order valence-corrected chi connectivity index (χ4v) is 3.04. The van der Waals surface area contributed by atoms with Gasteiger partial charge in [-0.05, 0) is 41.3 Å². The summed E-state index contributed by atoms with van der Waals surface area (Å²) in [5.41, 5.74) is 3.12. The number of anilines is 1. The number of hydrogen-bond acceptors (Lipinski definition) is 2. The second kappa shape index (κ2) is 5.58. The third kappa shape index (κ3) is 2.84. The van der Waals surface area contributed by atoms with Crippen molar-refractivity contribution in [3.63, 3.8) is 0 Å². The van der Waals surface area contributed by atoms with Crippen molar-refractivity contribution < 1.29 is 14.3 Å². The van der Waals surface area contributed by atoms with Crippen molar-refractivity contribution in [2.24, 2.45) is 0 Å². The number of carbonyl (C=O) groups excluding carboxylic acids is 1. The summed E-state index contributed by atoms with van der Waals surface area (Å²) in [6, 6.07) is 9.66. The van der Waals surface area contributed by atoms with Gasteiger partial charge in [0.2, 0.25) is 5.91 Å². The van der Waals surface area contributed by atoms with Crippen LogP contribution in [0.3, 0.4) is 0 Å². The average Bonchev–Trinajstić information content (AvgIpc) is 2.46. The number of rotatable bonds is 2. The zero-order chi connectivity index (χ0) is 15.0. The van der Waals surface area contributed by atoms with Crippen LogP contribution in [0.25, 0.3) is 0 Å². The molecule has 3 nitrogen and oxygen atoms in total. The van der Waals surface area contributed by atoms with Crippen molar-refractivity contribution in [1.29, 1.82) is 0 Å². The molecule has 0 bridgehead atoms. The van der Waals surface area contributed by atoms with E-state index in [9.17, 15) is 14.3 Å². The molecule has 5 heteroatoms. The molecule has 2 aromatic carbocycles. The van der Waals surface area contributed by atoms with E-state index in [0.717, 1.165) is 16.8 Å². The number of amides is 1. The van der Waals surface area contributed by atoms with Gasteiger partial charge in [-0.1, -0.05) is 34.1 Å². The Hall–Kier alpha value is -1.72. The Morgan fingerprint density at radius 2 is 2.00 bits per heavy atom. The summed E-state index contributed by atoms with van der Waals surface area (Å²) in [4.78, 5) is 11.3. The summed E-state index contributed by atoms with van der Waals surface area (Å²) in [7, 11) is 0. The molecule has 0 aliphatic carbocycles. The van der Waals surface area contributed by atoms with Gasteiger partial charge in [0.05, 0.1) is 0 Å². The van der Waals surface area contributed by atoms with E-state index in [0.29, 0.717) is 22.9 Å². The third-order valence-electron chi connectivity index (χ3n) is 3.60. The molecule has 2 N–H and O–H groups in total. The van der Waals surface area contributed by atoms with Gasteiger partial charge in [-0.2, -0.15) is 0 Å². The van der Waals surface area contributed by atoms with Crippen LogP contribution in [0.15, 0.2) is 40.9 Å². The quantitative estimate of drug-likeness (QED) is 0.870. The minimum absolute atomic E-state index is 0.0112. The van der Waals surface area contributed by atoms with Crippen molar-refractivity contribution >= 4 is 27.5 Å². The number of benzene rings is 2. The summed E-state index contributed by atoms with van der Waals surface area (Å²) in [5.74, 6) is -0.344. The Bertz CT molecular complexity index is 717. The second-order valence-electron chi connectivity index (χ2n) is 5.03. The number of fused-ring (bicyclic) bond motifs is 1. The van der Waals surface area contributed by atoms with E-state index in [-0.39, 0.29) is 11.7 Å². The normalized spacial score (nSPS) is 15.3. The molecule has 1 aliphatic heterocycles. The number of nitrogens with one attached hydrogen (secondary N) is 1. The van der Waals surface area contributed by atoms with Gasteiger partial charge in [0.15, 0.2) is 0 Å². The molecule has 0 fully saturated rings. The number of halogens is 2. The molecule has 1 atom stereocenters. The first-order valence-corrected chi connectivity index (χ1v) is 7.39. The molecule has 2 aromatic rings. The van der Waals surface area contributed by atoms with Crippen LogP contribution in [0.5, 0.6) is 0 Å². The van der Waals surface area contributed by atoms with Gasteiger partial charge in [-0.25, -0.2) is 4.39 Å². The van der Waals surface area contributed by atoms with Gasteiger partial charge in [0.25, 0.3) is 0 Å². The number of hydrogen-bond donors (Lipinski definition) is 2. The van der Waals surface area contributed by atoms with Gasteiger partial charge >= 0.3 is 0 Å². The lowest BCUT2D eigenvalue weighted by Crippen LogP contribution is -2.19. The fourth-order valence-electron chi connectivity index (χ4n) is 2.48. The van der Waals surface area contributed by atoms with Crippen LogP contribution in [0.1, 0.15) is 29.2 Å². The van der Waals surface area contributed by atoms with Crippen LogP contribution in [0.4, 0.5) is 10.1 Å². The number of aliphatic hydroxyl groups excluding tert-OH is 1. The van der Waals surface area contributed by atoms with Crippen LogP contribution in [-0.2, 0) is 11.2 Å². The van der Waals surface area contributed by atoms with Crippen molar-refractivity contribution in [1.82, 2.24) is 0 Å². The van der Waals surface area contributed by atoms with E-state index in [1.807, 2.05) is 6.07 Å². The first kappa shape index (κ1) is 14.2. The van der Waals surface area contributed by atoms with Crippen LogP contribution >= 0.6 is 15.9 Å². The number of carbonyl (C=O) groups is 1. The van der Waals surface area contributed by atoms with Crippen LogP contribution in [-0.4, -0.2) is 11.0 Å². The summed E-state index contributed by atoms with van der Waals surface area (Å²) in [6.45, 7) is 0. The number of aliphatic hydroxyl groups is 1. The maximum absolute atomic E-state index is 13.1. The van der Waals surface area contributed by atoms with Gasteiger partial charge in [-0.15, -0.1) is 0 Å². The van der Waals surface area contributed by atoms with Gasteiger partial charge in [0.1, 0.15) is 11.9 Å². The predicted molar refractivity (Wildman–Crippen MR) is 81.6 cm³/mol. The Morgan fingerprint density at radius 1 is 1.19 bits per heavy atom. The molecule has 1 unspecified atom stereocenters. The molecular formula is C16H13BrFNO2. The molecule has 108 valence electrons. The molecule has 0 saturated heterocycles. The maximum Gasteiger partial charge on any atom is 0.224 e. The smallest absolute Gasteiger partial charge is 0.224 e. The fraction of sp³-hybridized carbons (Fsp3) is 0.188. The monoisotopic (exact) mass is 349 g/mol. The van der Waals surface area contributed by atoms with E-state index in [2.05, 4.69) is 21.2 Å². The molecule has 0 saturated carbocycles. The first-order chi connectivity index (χ1) is 10.0. The maximum atomic E-state index is 13.1. The highest BCUT2D eigenvalue weighted by atomic mass is 79.9. The standard InChI is InChI=1S/C16H13BrFNO2/c17-13-8-11(18)3-4-12(13)16(21)10-1-5-14-9(7-10)2-6-15(20)19-14/h1,3-5,7-8,16,21H,2,6H2,(H,19,20). The highest BCUT2D eigenvalue weighted by molar-refractivity contribution is 9.10. The Balaban J connectivity index is 1.95. The third-order valence-corrected chi connectivity index (χ3v) is 4.28. The van der Waals surface area contributed by atoms with Gasteiger partial charge in [0, 0.05) is 16.6 Å². The van der Waals surface area contributed by atoms with Crippen LogP contribution in [0, 0.1) is 5.82 Å². The lowest BCUT2D eigenvalue weighted by atomic mass is 9.95. The van der Waals surface area contributed by atoms with E-state index in [1.165, 1.54) is 12.1 Å². The molecule has 1 aliphatic rings. The summed E-state index contributed by atoms with van der Waals surface area (Å²) < 4.78 is 13.7. The zero-order valence-corrected chi connectivity index (χ0v) is 12.7. The Kier molecular flexibility index (Phi) is 3.78. The van der Waals surface area contributed by atoms with Crippen molar-refractivity contribution in [3.05, 3.63) is 63.4 Å². The highest BCUT2D eigenvalue weighted by Gasteiger charge is 2.19. The van der Waals surface area contributed by atoms with E-state index < -0.39 is 6.10 Å². The topological polar surface area (TPSA) is 49.3 Å². The second-order valence-corrected chi connectivity index (χ2v) is 5.89. The van der Waals surface area contributed by atoms with Crippen LogP contribution in [0.2, 0.25) is 0 Å². The minimum Gasteiger partial charge on any atom is -0.384 e. The predicted octanol–water partition coefficient (Wildman–Crippen LogP) is 3.55. The summed E-state index contributed by atoms with van der Waals surface area (Å²) >= 11 is 3.27. The average molecular weight is 350 g/mol. The molecule has 3 rings (SSSR count). The molecule has 0 radical (unpaired) electrons. The van der Waals surface area contributed by atoms with Crippen molar-refractivity contribution in [2.45, 2.75) is 18.9 Å². The largest absolute Gasteiger partial charge is 0.384 e. The van der Waals surface area contributed by atoms with Crippen LogP contribution < -0.4 is 5.32 Å². The Morgan fingerprint density at radius 3 is 2.76 bits per heavy atom. The van der Waals surface area contributed by atoms with Crippen molar-refractivity contribution in [2.75, 3.05) is 5.32 Å². The SMILES string of the molecule is O=C1CCc2cc(C(O)c3ccc(F)cc3Br)ccc2N1. The van der Waals surface area contributed by atoms with Gasteiger partial charge < -0.3 is 10.4 Å². The minimum atomic E-state index is -0.845. The molecule has 1 heterocycles. The Labute approximate surface area is 129 Å². The first-order valence-electron chi connectivity index (χ1n) is 6.60. The summed E-state index contributed by atoms with van der Waals surface area (Å²) in [5, 5.41) is 13.3. The lowest BCUT2D eigenvalue weighted by molar-refractivity contribution is -0.116. The van der Waals surface area contributed by atoms with E-state index in [4.69, 9.17) is 0 Å².